The summed E-state index contributed by atoms with van der Waals surface area (Å²) in [5.74, 6) is 0. The number of hydrogen-bond acceptors (Lipinski definition) is 3. The SMILES string of the molecule is Cc1cc(Br)c(S(=O)(=O)N2CCCC2C(N)=S)cc1Br. The summed E-state index contributed by atoms with van der Waals surface area (Å²) in [6.45, 7) is 2.35. The van der Waals surface area contributed by atoms with E-state index < -0.39 is 10.0 Å². The molecule has 20 heavy (non-hydrogen) atoms. The molecule has 2 rings (SSSR count). The highest BCUT2D eigenvalue weighted by Gasteiger charge is 2.37. The maximum absolute atomic E-state index is 12.8. The van der Waals surface area contributed by atoms with Gasteiger partial charge in [0.15, 0.2) is 0 Å². The van der Waals surface area contributed by atoms with Crippen molar-refractivity contribution in [2.45, 2.75) is 30.7 Å². The molecule has 0 amide bonds. The summed E-state index contributed by atoms with van der Waals surface area (Å²) in [4.78, 5) is 0.464. The van der Waals surface area contributed by atoms with Gasteiger partial charge in [-0.15, -0.1) is 0 Å². The quantitative estimate of drug-likeness (QED) is 0.732. The van der Waals surface area contributed by atoms with E-state index in [-0.39, 0.29) is 15.9 Å². The van der Waals surface area contributed by atoms with Crippen LogP contribution >= 0.6 is 44.1 Å². The van der Waals surface area contributed by atoms with E-state index in [9.17, 15) is 8.42 Å². The van der Waals surface area contributed by atoms with Crippen molar-refractivity contribution in [1.29, 1.82) is 0 Å². The molecule has 1 fully saturated rings. The Morgan fingerprint density at radius 3 is 2.65 bits per heavy atom. The number of nitrogens with two attached hydrogens (primary N) is 1. The summed E-state index contributed by atoms with van der Waals surface area (Å²) in [6, 6.07) is 3.01. The predicted molar refractivity (Wildman–Crippen MR) is 90.3 cm³/mol. The first-order chi connectivity index (χ1) is 9.25. The van der Waals surface area contributed by atoms with Crippen LogP contribution in [0.5, 0.6) is 0 Å². The number of rotatable bonds is 3. The first-order valence-corrected chi connectivity index (χ1v) is 9.45. The first kappa shape index (κ1) is 16.4. The largest absolute Gasteiger partial charge is 0.392 e. The van der Waals surface area contributed by atoms with E-state index in [2.05, 4.69) is 31.9 Å². The number of halogens is 2. The Balaban J connectivity index is 2.50. The second kappa shape index (κ2) is 6.00. The fourth-order valence-corrected chi connectivity index (χ4v) is 5.89. The zero-order valence-corrected chi connectivity index (χ0v) is 15.6. The molecule has 2 N–H and O–H groups in total. The molecule has 1 unspecified atom stereocenters. The highest BCUT2D eigenvalue weighted by molar-refractivity contribution is 9.11. The molecule has 1 atom stereocenters. The van der Waals surface area contributed by atoms with E-state index in [1.54, 1.807) is 12.1 Å². The molecule has 0 aromatic heterocycles. The molecule has 1 saturated heterocycles. The van der Waals surface area contributed by atoms with Crippen LogP contribution in [0.15, 0.2) is 26.0 Å². The molecular formula is C12H14Br2N2O2S2. The van der Waals surface area contributed by atoms with Gasteiger partial charge < -0.3 is 5.73 Å². The van der Waals surface area contributed by atoms with E-state index in [1.807, 2.05) is 6.92 Å². The van der Waals surface area contributed by atoms with E-state index in [4.69, 9.17) is 18.0 Å². The lowest BCUT2D eigenvalue weighted by atomic mass is 10.2. The Morgan fingerprint density at radius 1 is 1.40 bits per heavy atom. The lowest BCUT2D eigenvalue weighted by molar-refractivity contribution is 0.446. The van der Waals surface area contributed by atoms with Crippen LogP contribution in [0.25, 0.3) is 0 Å². The highest BCUT2D eigenvalue weighted by Crippen LogP contribution is 2.33. The zero-order valence-electron chi connectivity index (χ0n) is 10.8. The third-order valence-electron chi connectivity index (χ3n) is 3.33. The number of sulfonamides is 1. The molecular weight excluding hydrogens is 428 g/mol. The Bertz CT molecular complexity index is 662. The second-order valence-corrected chi connectivity index (χ2v) is 8.75. The van der Waals surface area contributed by atoms with Crippen LogP contribution in [0.3, 0.4) is 0 Å². The van der Waals surface area contributed by atoms with Crippen molar-refractivity contribution in [3.8, 4) is 0 Å². The van der Waals surface area contributed by atoms with Gasteiger partial charge in [0, 0.05) is 15.5 Å². The molecule has 110 valence electrons. The van der Waals surface area contributed by atoms with Crippen molar-refractivity contribution >= 4 is 59.1 Å². The van der Waals surface area contributed by atoms with Crippen LogP contribution in [0, 0.1) is 6.92 Å². The third-order valence-corrected chi connectivity index (χ3v) is 7.32. The van der Waals surface area contributed by atoms with Crippen LogP contribution in [-0.2, 0) is 10.0 Å². The molecule has 8 heteroatoms. The maximum Gasteiger partial charge on any atom is 0.244 e. The van der Waals surface area contributed by atoms with Crippen LogP contribution < -0.4 is 5.73 Å². The van der Waals surface area contributed by atoms with Crippen molar-refractivity contribution in [2.75, 3.05) is 6.54 Å². The first-order valence-electron chi connectivity index (χ1n) is 6.02. The Hall–Kier alpha value is -0.0200. The number of hydrogen-bond donors (Lipinski definition) is 1. The molecule has 1 heterocycles. The minimum absolute atomic E-state index is 0.230. The van der Waals surface area contributed by atoms with Gasteiger partial charge in [-0.3, -0.25) is 0 Å². The summed E-state index contributed by atoms with van der Waals surface area (Å²) < 4.78 is 28.3. The Labute approximate surface area is 141 Å². The second-order valence-electron chi connectivity index (χ2n) is 4.71. The zero-order chi connectivity index (χ0) is 15.1. The summed E-state index contributed by atoms with van der Waals surface area (Å²) in [7, 11) is -3.61. The molecule has 1 aliphatic heterocycles. The van der Waals surface area contributed by atoms with Gasteiger partial charge in [0.1, 0.15) is 0 Å². The molecule has 0 aliphatic carbocycles. The molecule has 0 saturated carbocycles. The average molecular weight is 442 g/mol. The summed E-state index contributed by atoms with van der Waals surface area (Å²) in [6.07, 6.45) is 1.45. The van der Waals surface area contributed by atoms with Gasteiger partial charge in [0.2, 0.25) is 10.0 Å². The molecule has 0 radical (unpaired) electrons. The smallest absolute Gasteiger partial charge is 0.244 e. The lowest BCUT2D eigenvalue weighted by Crippen LogP contribution is -2.42. The van der Waals surface area contributed by atoms with Gasteiger partial charge in [0.05, 0.1) is 15.9 Å². The van der Waals surface area contributed by atoms with Gasteiger partial charge in [-0.05, 0) is 53.4 Å². The van der Waals surface area contributed by atoms with Crippen molar-refractivity contribution in [3.05, 3.63) is 26.6 Å². The van der Waals surface area contributed by atoms with Crippen molar-refractivity contribution in [2.24, 2.45) is 5.73 Å². The Kier molecular flexibility index (Phi) is 4.91. The monoisotopic (exact) mass is 440 g/mol. The molecule has 0 bridgehead atoms. The molecule has 1 aromatic carbocycles. The fourth-order valence-electron chi connectivity index (χ4n) is 2.26. The van der Waals surface area contributed by atoms with Crippen molar-refractivity contribution in [1.82, 2.24) is 4.31 Å². The van der Waals surface area contributed by atoms with Gasteiger partial charge >= 0.3 is 0 Å². The van der Waals surface area contributed by atoms with E-state index >= 15 is 0 Å². The van der Waals surface area contributed by atoms with E-state index in [0.29, 0.717) is 17.4 Å². The van der Waals surface area contributed by atoms with E-state index in [1.165, 1.54) is 4.31 Å². The normalized spacial score (nSPS) is 20.2. The maximum atomic E-state index is 12.8. The number of nitrogens with zero attached hydrogens (tertiary/aromatic N) is 1. The van der Waals surface area contributed by atoms with Crippen molar-refractivity contribution < 1.29 is 8.42 Å². The van der Waals surface area contributed by atoms with E-state index in [0.717, 1.165) is 16.5 Å². The standard InChI is InChI=1S/C12H14Br2N2O2S2/c1-7-5-9(14)11(6-8(7)13)20(17,18)16-4-2-3-10(16)12(15)19/h5-6,10H,2-4H2,1H3,(H2,15,19). The van der Waals surface area contributed by atoms with Gasteiger partial charge in [-0.2, -0.15) is 4.31 Å². The number of thiocarbonyl (C=S) groups is 1. The van der Waals surface area contributed by atoms with Crippen LogP contribution in [0.1, 0.15) is 18.4 Å². The lowest BCUT2D eigenvalue weighted by Gasteiger charge is -2.24. The molecule has 4 nitrogen and oxygen atoms in total. The topological polar surface area (TPSA) is 63.4 Å². The predicted octanol–water partition coefficient (Wildman–Crippen LogP) is 2.96. The van der Waals surface area contributed by atoms with Crippen LogP contribution in [0.4, 0.5) is 0 Å². The summed E-state index contributed by atoms with van der Waals surface area (Å²) >= 11 is 11.7. The molecule has 1 aliphatic rings. The fraction of sp³-hybridized carbons (Fsp3) is 0.417. The van der Waals surface area contributed by atoms with Crippen LogP contribution in [0.2, 0.25) is 0 Å². The summed E-state index contributed by atoms with van der Waals surface area (Å²) in [5.41, 5.74) is 6.62. The average Bonchev–Trinajstić information content (AvgIpc) is 2.83. The summed E-state index contributed by atoms with van der Waals surface area (Å²) in [5, 5.41) is 0. The van der Waals surface area contributed by atoms with Gasteiger partial charge in [0.25, 0.3) is 0 Å². The minimum atomic E-state index is -3.61. The number of aryl methyl sites for hydroxylation is 1. The van der Waals surface area contributed by atoms with Gasteiger partial charge in [-0.1, -0.05) is 28.1 Å². The van der Waals surface area contributed by atoms with Crippen molar-refractivity contribution in [3.63, 3.8) is 0 Å². The minimum Gasteiger partial charge on any atom is -0.392 e. The van der Waals surface area contributed by atoms with Crippen LogP contribution in [-0.4, -0.2) is 30.3 Å². The van der Waals surface area contributed by atoms with Gasteiger partial charge in [-0.25, -0.2) is 8.42 Å². The molecule has 1 aromatic rings. The third kappa shape index (κ3) is 2.94. The number of benzene rings is 1. The molecule has 0 spiro atoms. The highest BCUT2D eigenvalue weighted by atomic mass is 79.9. The Morgan fingerprint density at radius 2 is 2.05 bits per heavy atom.